The molecule has 0 atom stereocenters. The lowest BCUT2D eigenvalue weighted by atomic mass is 10.1. The van der Waals surface area contributed by atoms with Crippen LogP contribution in [0.1, 0.15) is 11.1 Å². The van der Waals surface area contributed by atoms with Crippen molar-refractivity contribution in [3.63, 3.8) is 0 Å². The molecule has 0 radical (unpaired) electrons. The summed E-state index contributed by atoms with van der Waals surface area (Å²) < 4.78 is 41.7. The molecule has 3 rings (SSSR count). The van der Waals surface area contributed by atoms with E-state index in [1.54, 1.807) is 18.3 Å². The molecule has 5 nitrogen and oxygen atoms in total. The second kappa shape index (κ2) is 6.03. The number of aryl methyl sites for hydroxylation is 1. The molecule has 0 bridgehead atoms. The number of nitrogens with one attached hydrogen (secondary N) is 1. The van der Waals surface area contributed by atoms with Crippen LogP contribution in [0.4, 0.5) is 24.7 Å². The number of amides is 1. The third-order valence-corrected chi connectivity index (χ3v) is 3.53. The first kappa shape index (κ1) is 16.1. The Balaban J connectivity index is 1.95. The summed E-state index contributed by atoms with van der Waals surface area (Å²) in [7, 11) is 0. The van der Waals surface area contributed by atoms with Crippen LogP contribution in [0.5, 0.6) is 5.75 Å². The molecule has 1 aliphatic rings. The molecule has 0 unspecified atom stereocenters. The Kier molecular flexibility index (Phi) is 4.04. The molecule has 1 aliphatic heterocycles. The summed E-state index contributed by atoms with van der Waals surface area (Å²) in [6.45, 7) is 1.82. The van der Waals surface area contributed by atoms with Crippen molar-refractivity contribution in [1.29, 1.82) is 0 Å². The van der Waals surface area contributed by atoms with Gasteiger partial charge in [0.05, 0.1) is 18.8 Å². The van der Waals surface area contributed by atoms with Gasteiger partial charge in [-0.05, 0) is 24.6 Å². The fourth-order valence-electron chi connectivity index (χ4n) is 2.49. The molecule has 1 amide bonds. The molecule has 1 N–H and O–H groups in total. The summed E-state index contributed by atoms with van der Waals surface area (Å²) in [6.07, 6.45) is -3.14. The molecule has 0 fully saturated rings. The number of fused-ring (bicyclic) bond motifs is 1. The number of hydrogen-bond donors (Lipinski definition) is 1. The van der Waals surface area contributed by atoms with Gasteiger partial charge in [0, 0.05) is 11.8 Å². The highest BCUT2D eigenvalue weighted by Gasteiger charge is 2.33. The van der Waals surface area contributed by atoms with E-state index in [0.29, 0.717) is 11.5 Å². The number of aromatic nitrogens is 1. The number of benzene rings is 1. The maximum Gasteiger partial charge on any atom is 0.573 e. The number of halogens is 3. The van der Waals surface area contributed by atoms with Gasteiger partial charge in [0.1, 0.15) is 11.6 Å². The average Bonchev–Trinajstić information content (AvgIpc) is 2.50. The Morgan fingerprint density at radius 2 is 2.08 bits per heavy atom. The van der Waals surface area contributed by atoms with E-state index in [1.165, 1.54) is 23.1 Å². The largest absolute Gasteiger partial charge is 0.573 e. The van der Waals surface area contributed by atoms with Gasteiger partial charge >= 0.3 is 6.36 Å². The molecule has 8 heteroatoms. The van der Waals surface area contributed by atoms with Gasteiger partial charge in [0.15, 0.2) is 0 Å². The molecular weight excluding hydrogens is 323 g/mol. The second-order valence-electron chi connectivity index (χ2n) is 5.37. The highest BCUT2D eigenvalue weighted by molar-refractivity contribution is 6.01. The highest BCUT2D eigenvalue weighted by atomic mass is 19.4. The first-order chi connectivity index (χ1) is 11.3. The van der Waals surface area contributed by atoms with Crippen LogP contribution in [0, 0.1) is 6.92 Å². The molecular formula is C16H14F3N3O2. The van der Waals surface area contributed by atoms with E-state index < -0.39 is 6.36 Å². The Hall–Kier alpha value is -2.77. The van der Waals surface area contributed by atoms with Gasteiger partial charge in [-0.3, -0.25) is 4.79 Å². The zero-order valence-corrected chi connectivity index (χ0v) is 12.7. The highest BCUT2D eigenvalue weighted by Crippen LogP contribution is 2.32. The van der Waals surface area contributed by atoms with Crippen molar-refractivity contribution in [3.8, 4) is 5.75 Å². The van der Waals surface area contributed by atoms with Crippen molar-refractivity contribution in [2.75, 3.05) is 16.8 Å². The standard InChI is InChI=1S/C16H14F3N3O2/c1-10-6-12-15(20-7-10)21-8-14(23)22(12)9-11-4-2-3-5-13(11)24-16(17,18)19/h2-7H,8-9H2,1H3,(H,20,21). The minimum absolute atomic E-state index is 0.0331. The number of hydrogen-bond acceptors (Lipinski definition) is 4. The lowest BCUT2D eigenvalue weighted by Crippen LogP contribution is -2.40. The fraction of sp³-hybridized carbons (Fsp3) is 0.250. The Morgan fingerprint density at radius 3 is 2.83 bits per heavy atom. The number of ether oxygens (including phenoxy) is 1. The maximum atomic E-state index is 12.5. The zero-order valence-electron chi connectivity index (χ0n) is 12.7. The molecule has 1 aromatic heterocycles. The molecule has 2 heterocycles. The van der Waals surface area contributed by atoms with Crippen LogP contribution in [0.3, 0.4) is 0 Å². The van der Waals surface area contributed by atoms with Gasteiger partial charge < -0.3 is 15.0 Å². The van der Waals surface area contributed by atoms with Crippen molar-refractivity contribution < 1.29 is 22.7 Å². The lowest BCUT2D eigenvalue weighted by molar-refractivity contribution is -0.274. The molecule has 0 saturated carbocycles. The van der Waals surface area contributed by atoms with Crippen LogP contribution in [0.15, 0.2) is 36.5 Å². The van der Waals surface area contributed by atoms with Gasteiger partial charge in [0.2, 0.25) is 5.91 Å². The fourth-order valence-corrected chi connectivity index (χ4v) is 2.49. The van der Waals surface area contributed by atoms with Crippen LogP contribution < -0.4 is 15.0 Å². The van der Waals surface area contributed by atoms with E-state index in [2.05, 4.69) is 15.0 Å². The molecule has 0 saturated heterocycles. The average molecular weight is 337 g/mol. The van der Waals surface area contributed by atoms with Crippen molar-refractivity contribution >= 4 is 17.4 Å². The first-order valence-electron chi connectivity index (χ1n) is 7.18. The Bertz CT molecular complexity index is 777. The van der Waals surface area contributed by atoms with Gasteiger partial charge in [-0.25, -0.2) is 4.98 Å². The van der Waals surface area contributed by atoms with E-state index >= 15 is 0 Å². The number of pyridine rings is 1. The number of alkyl halides is 3. The smallest absolute Gasteiger partial charge is 0.405 e. The van der Waals surface area contributed by atoms with Gasteiger partial charge in [0.25, 0.3) is 0 Å². The van der Waals surface area contributed by atoms with Crippen LogP contribution in [-0.4, -0.2) is 23.8 Å². The number of carbonyl (C=O) groups excluding carboxylic acids is 1. The van der Waals surface area contributed by atoms with Crippen LogP contribution >= 0.6 is 0 Å². The SMILES string of the molecule is Cc1cnc2c(c1)N(Cc1ccccc1OC(F)(F)F)C(=O)CN2. The van der Waals surface area contributed by atoms with Crippen LogP contribution in [0.25, 0.3) is 0 Å². The normalized spacial score (nSPS) is 14.2. The summed E-state index contributed by atoms with van der Waals surface area (Å²) in [5.74, 6) is -0.0513. The van der Waals surface area contributed by atoms with E-state index in [4.69, 9.17) is 0 Å². The summed E-state index contributed by atoms with van der Waals surface area (Å²) in [5, 5.41) is 2.89. The number of para-hydroxylation sites is 1. The molecule has 2 aromatic rings. The second-order valence-corrected chi connectivity index (χ2v) is 5.37. The number of anilines is 2. The van der Waals surface area contributed by atoms with Crippen LogP contribution in [0.2, 0.25) is 0 Å². The van der Waals surface area contributed by atoms with E-state index in [9.17, 15) is 18.0 Å². The molecule has 126 valence electrons. The predicted molar refractivity (Wildman–Crippen MR) is 81.8 cm³/mol. The molecule has 0 spiro atoms. The van der Waals surface area contributed by atoms with Crippen molar-refractivity contribution in [3.05, 3.63) is 47.7 Å². The van der Waals surface area contributed by atoms with E-state index in [-0.39, 0.29) is 30.3 Å². The summed E-state index contributed by atoms with van der Waals surface area (Å²) in [5.41, 5.74) is 1.64. The Labute approximate surface area is 136 Å². The molecule has 0 aliphatic carbocycles. The van der Waals surface area contributed by atoms with E-state index in [1.807, 2.05) is 6.92 Å². The minimum Gasteiger partial charge on any atom is -0.405 e. The quantitative estimate of drug-likeness (QED) is 0.934. The lowest BCUT2D eigenvalue weighted by Gasteiger charge is -2.30. The molecule has 24 heavy (non-hydrogen) atoms. The van der Waals surface area contributed by atoms with Crippen LogP contribution in [-0.2, 0) is 11.3 Å². The van der Waals surface area contributed by atoms with Crippen molar-refractivity contribution in [1.82, 2.24) is 4.98 Å². The van der Waals surface area contributed by atoms with Gasteiger partial charge in [-0.15, -0.1) is 13.2 Å². The minimum atomic E-state index is -4.79. The monoisotopic (exact) mass is 337 g/mol. The van der Waals surface area contributed by atoms with Gasteiger partial charge in [-0.2, -0.15) is 0 Å². The predicted octanol–water partition coefficient (Wildman–Crippen LogP) is 3.25. The van der Waals surface area contributed by atoms with Crippen molar-refractivity contribution in [2.45, 2.75) is 19.8 Å². The van der Waals surface area contributed by atoms with Gasteiger partial charge in [-0.1, -0.05) is 18.2 Å². The van der Waals surface area contributed by atoms with E-state index in [0.717, 1.165) is 5.56 Å². The maximum absolute atomic E-state index is 12.5. The third kappa shape index (κ3) is 3.42. The summed E-state index contributed by atoms with van der Waals surface area (Å²) in [6, 6.07) is 7.54. The number of rotatable bonds is 3. The van der Waals surface area contributed by atoms with Crippen molar-refractivity contribution in [2.24, 2.45) is 0 Å². The zero-order chi connectivity index (χ0) is 17.3. The number of nitrogens with zero attached hydrogens (tertiary/aromatic N) is 2. The third-order valence-electron chi connectivity index (χ3n) is 3.53. The first-order valence-corrected chi connectivity index (χ1v) is 7.18. The molecule has 1 aromatic carbocycles. The summed E-state index contributed by atoms with van der Waals surface area (Å²) in [4.78, 5) is 17.9. The number of carbonyl (C=O) groups is 1. The Morgan fingerprint density at radius 1 is 1.33 bits per heavy atom. The topological polar surface area (TPSA) is 54.5 Å². The summed E-state index contributed by atoms with van der Waals surface area (Å²) >= 11 is 0.